The molecule has 0 saturated carbocycles. The average Bonchev–Trinajstić information content (AvgIpc) is 2.62. The van der Waals surface area contributed by atoms with Crippen molar-refractivity contribution in [2.24, 2.45) is 0 Å². The number of carboxylic acids is 1. The van der Waals surface area contributed by atoms with Gasteiger partial charge in [-0.3, -0.25) is 4.90 Å². The summed E-state index contributed by atoms with van der Waals surface area (Å²) in [7, 11) is 2.21. The zero-order chi connectivity index (χ0) is 13.6. The number of hydrogen-bond donors (Lipinski definition) is 1. The number of rotatable bonds is 2. The molecular weight excluding hydrogens is 240 g/mol. The molecule has 0 aliphatic carbocycles. The molecule has 2 atom stereocenters. The maximum atomic E-state index is 11.2. The van der Waals surface area contributed by atoms with E-state index in [1.165, 1.54) is 12.8 Å². The van der Waals surface area contributed by atoms with Crippen molar-refractivity contribution >= 4 is 11.7 Å². The lowest BCUT2D eigenvalue weighted by Gasteiger charge is -2.40. The van der Waals surface area contributed by atoms with E-state index >= 15 is 0 Å². The molecule has 2 saturated heterocycles. The Morgan fingerprint density at radius 3 is 2.47 bits per heavy atom. The Morgan fingerprint density at radius 2 is 1.89 bits per heavy atom. The SMILES string of the molecule is Cc1ccc(N2C[C@H]3CC[C@@H](C2)N3C)cc1C(=O)O. The van der Waals surface area contributed by atoms with Crippen molar-refractivity contribution in [2.45, 2.75) is 31.8 Å². The van der Waals surface area contributed by atoms with Gasteiger partial charge in [0, 0.05) is 30.9 Å². The molecule has 1 N–H and O–H groups in total. The highest BCUT2D eigenvalue weighted by Crippen LogP contribution is 2.31. The van der Waals surface area contributed by atoms with Crippen LogP contribution in [0.2, 0.25) is 0 Å². The number of fused-ring (bicyclic) bond motifs is 2. The topological polar surface area (TPSA) is 43.8 Å². The minimum atomic E-state index is -0.837. The van der Waals surface area contributed by atoms with Gasteiger partial charge < -0.3 is 10.0 Å². The van der Waals surface area contributed by atoms with Gasteiger partial charge in [-0.1, -0.05) is 6.07 Å². The van der Waals surface area contributed by atoms with Crippen LogP contribution >= 0.6 is 0 Å². The Balaban J connectivity index is 1.87. The number of nitrogens with zero attached hydrogens (tertiary/aromatic N) is 2. The number of hydrogen-bond acceptors (Lipinski definition) is 3. The fourth-order valence-electron chi connectivity index (χ4n) is 3.36. The number of carboxylic acid groups (broad SMARTS) is 1. The Bertz CT molecular complexity index is 501. The lowest BCUT2D eigenvalue weighted by molar-refractivity contribution is 0.0696. The first-order valence-electron chi connectivity index (χ1n) is 6.87. The van der Waals surface area contributed by atoms with Crippen LogP contribution in [0.15, 0.2) is 18.2 Å². The third-order valence-electron chi connectivity index (χ3n) is 4.66. The molecule has 1 aromatic carbocycles. The molecule has 2 bridgehead atoms. The first kappa shape index (κ1) is 12.5. The standard InChI is InChI=1S/C15H20N2O2/c1-10-3-4-11(7-14(10)15(18)19)17-8-12-5-6-13(9-17)16(12)2/h3-4,7,12-13H,5-6,8-9H2,1-2H3,(H,18,19)/t12-,13+. The molecule has 4 heteroatoms. The van der Waals surface area contributed by atoms with E-state index in [2.05, 4.69) is 16.8 Å². The summed E-state index contributed by atoms with van der Waals surface area (Å²) in [5, 5.41) is 9.22. The molecule has 102 valence electrons. The molecule has 0 unspecified atom stereocenters. The smallest absolute Gasteiger partial charge is 0.336 e. The van der Waals surface area contributed by atoms with E-state index in [1.807, 2.05) is 25.1 Å². The van der Waals surface area contributed by atoms with Crippen LogP contribution < -0.4 is 4.90 Å². The molecule has 0 aromatic heterocycles. The molecule has 4 nitrogen and oxygen atoms in total. The zero-order valence-electron chi connectivity index (χ0n) is 11.5. The van der Waals surface area contributed by atoms with E-state index in [0.29, 0.717) is 17.6 Å². The lowest BCUT2D eigenvalue weighted by atomic mass is 10.1. The molecule has 0 radical (unpaired) electrons. The number of likely N-dealkylation sites (N-methyl/N-ethyl adjacent to an activating group) is 1. The summed E-state index contributed by atoms with van der Waals surface area (Å²) in [5.74, 6) is -0.837. The monoisotopic (exact) mass is 260 g/mol. The quantitative estimate of drug-likeness (QED) is 0.883. The second kappa shape index (κ2) is 4.53. The van der Waals surface area contributed by atoms with Gasteiger partial charge in [0.1, 0.15) is 0 Å². The third-order valence-corrected chi connectivity index (χ3v) is 4.66. The second-order valence-electron chi connectivity index (χ2n) is 5.76. The van der Waals surface area contributed by atoms with E-state index in [4.69, 9.17) is 0 Å². The maximum Gasteiger partial charge on any atom is 0.336 e. The fourth-order valence-corrected chi connectivity index (χ4v) is 3.36. The highest BCUT2D eigenvalue weighted by molar-refractivity contribution is 5.90. The number of anilines is 1. The van der Waals surface area contributed by atoms with E-state index in [-0.39, 0.29) is 0 Å². The summed E-state index contributed by atoms with van der Waals surface area (Å²) >= 11 is 0. The molecule has 0 spiro atoms. The minimum Gasteiger partial charge on any atom is -0.478 e. The summed E-state index contributed by atoms with van der Waals surface area (Å²) in [6.45, 7) is 3.87. The Hall–Kier alpha value is -1.55. The van der Waals surface area contributed by atoms with Crippen LogP contribution in [0.3, 0.4) is 0 Å². The van der Waals surface area contributed by atoms with Crippen LogP contribution in [-0.2, 0) is 0 Å². The average molecular weight is 260 g/mol. The van der Waals surface area contributed by atoms with Crippen LogP contribution in [0, 0.1) is 6.92 Å². The predicted molar refractivity (Wildman–Crippen MR) is 74.9 cm³/mol. The van der Waals surface area contributed by atoms with Crippen molar-refractivity contribution in [3.05, 3.63) is 29.3 Å². The van der Waals surface area contributed by atoms with Crippen molar-refractivity contribution in [3.8, 4) is 0 Å². The van der Waals surface area contributed by atoms with Gasteiger partial charge >= 0.3 is 5.97 Å². The number of aryl methyl sites for hydroxylation is 1. The molecule has 2 heterocycles. The summed E-state index contributed by atoms with van der Waals surface area (Å²) in [6.07, 6.45) is 2.52. The Labute approximate surface area is 113 Å². The molecule has 2 aliphatic heterocycles. The first-order valence-corrected chi connectivity index (χ1v) is 6.87. The van der Waals surface area contributed by atoms with Crippen LogP contribution in [0.5, 0.6) is 0 Å². The van der Waals surface area contributed by atoms with Gasteiger partial charge in [-0.2, -0.15) is 0 Å². The summed E-state index contributed by atoms with van der Waals surface area (Å²) in [4.78, 5) is 16.0. The van der Waals surface area contributed by atoms with Crippen molar-refractivity contribution in [3.63, 3.8) is 0 Å². The van der Waals surface area contributed by atoms with Gasteiger partial charge in [-0.05, 0) is 44.5 Å². The molecule has 19 heavy (non-hydrogen) atoms. The summed E-state index contributed by atoms with van der Waals surface area (Å²) in [5.41, 5.74) is 2.30. The predicted octanol–water partition coefficient (Wildman–Crippen LogP) is 1.98. The maximum absolute atomic E-state index is 11.2. The van der Waals surface area contributed by atoms with Gasteiger partial charge in [-0.15, -0.1) is 0 Å². The molecule has 1 aromatic rings. The molecule has 0 amide bonds. The second-order valence-corrected chi connectivity index (χ2v) is 5.76. The third kappa shape index (κ3) is 2.10. The van der Waals surface area contributed by atoms with Gasteiger partial charge in [0.25, 0.3) is 0 Å². The highest BCUT2D eigenvalue weighted by Gasteiger charge is 2.37. The van der Waals surface area contributed by atoms with Crippen LogP contribution in [0.25, 0.3) is 0 Å². The van der Waals surface area contributed by atoms with Gasteiger partial charge in [0.2, 0.25) is 0 Å². The van der Waals surface area contributed by atoms with Gasteiger partial charge in [0.15, 0.2) is 0 Å². The van der Waals surface area contributed by atoms with Crippen LogP contribution in [-0.4, -0.2) is 48.2 Å². The first-order chi connectivity index (χ1) is 9.06. The van der Waals surface area contributed by atoms with Gasteiger partial charge in [0.05, 0.1) is 5.56 Å². The fraction of sp³-hybridized carbons (Fsp3) is 0.533. The normalized spacial score (nSPS) is 26.7. The van der Waals surface area contributed by atoms with Crippen molar-refractivity contribution < 1.29 is 9.90 Å². The molecule has 2 fully saturated rings. The highest BCUT2D eigenvalue weighted by atomic mass is 16.4. The molecule has 3 rings (SSSR count). The number of carbonyl (C=O) groups is 1. The molecular formula is C15H20N2O2. The zero-order valence-corrected chi connectivity index (χ0v) is 11.5. The van der Waals surface area contributed by atoms with E-state index in [0.717, 1.165) is 24.3 Å². The number of benzene rings is 1. The van der Waals surface area contributed by atoms with Crippen molar-refractivity contribution in [2.75, 3.05) is 25.0 Å². The summed E-state index contributed by atoms with van der Waals surface area (Å²) in [6, 6.07) is 7.02. The van der Waals surface area contributed by atoms with E-state index in [1.54, 1.807) is 0 Å². The van der Waals surface area contributed by atoms with Gasteiger partial charge in [-0.25, -0.2) is 4.79 Å². The molecule has 2 aliphatic rings. The Morgan fingerprint density at radius 1 is 1.26 bits per heavy atom. The lowest BCUT2D eigenvalue weighted by Crippen LogP contribution is -2.52. The van der Waals surface area contributed by atoms with Crippen LogP contribution in [0.1, 0.15) is 28.8 Å². The number of piperazine rings is 1. The van der Waals surface area contributed by atoms with Crippen molar-refractivity contribution in [1.29, 1.82) is 0 Å². The minimum absolute atomic E-state index is 0.420. The van der Waals surface area contributed by atoms with E-state index in [9.17, 15) is 9.90 Å². The Kier molecular flexibility index (Phi) is 2.97. The largest absolute Gasteiger partial charge is 0.478 e. The van der Waals surface area contributed by atoms with E-state index < -0.39 is 5.97 Å². The summed E-state index contributed by atoms with van der Waals surface area (Å²) < 4.78 is 0. The van der Waals surface area contributed by atoms with Crippen molar-refractivity contribution in [1.82, 2.24) is 4.90 Å². The van der Waals surface area contributed by atoms with Crippen LogP contribution in [0.4, 0.5) is 5.69 Å². The number of aromatic carboxylic acids is 1.